The molecule has 0 aliphatic heterocycles. The molecule has 0 bridgehead atoms. The Bertz CT molecular complexity index is 372. The summed E-state index contributed by atoms with van der Waals surface area (Å²) in [5, 5.41) is 1.11. The van der Waals surface area contributed by atoms with E-state index < -0.39 is 0 Å². The quantitative estimate of drug-likeness (QED) is 0.878. The van der Waals surface area contributed by atoms with E-state index in [-0.39, 0.29) is 6.04 Å². The molecular formula is C12H21N3S. The van der Waals surface area contributed by atoms with Crippen LogP contribution in [0.5, 0.6) is 0 Å². The number of hydrogen-bond acceptors (Lipinski definition) is 4. The summed E-state index contributed by atoms with van der Waals surface area (Å²) in [6, 6.07) is 0.0968. The summed E-state index contributed by atoms with van der Waals surface area (Å²) in [6.07, 6.45) is 1.37. The van der Waals surface area contributed by atoms with Crippen LogP contribution < -0.4 is 10.6 Å². The number of thiazole rings is 1. The highest BCUT2D eigenvalue weighted by atomic mass is 32.1. The van der Waals surface area contributed by atoms with Crippen LogP contribution in [0.3, 0.4) is 0 Å². The lowest BCUT2D eigenvalue weighted by molar-refractivity contribution is 0.723. The molecular weight excluding hydrogens is 218 g/mol. The summed E-state index contributed by atoms with van der Waals surface area (Å²) in [5.41, 5.74) is 7.00. The molecule has 1 aromatic heterocycles. The zero-order valence-electron chi connectivity index (χ0n) is 10.5. The zero-order valence-corrected chi connectivity index (χ0v) is 11.3. The maximum Gasteiger partial charge on any atom is 0.185 e. The smallest absolute Gasteiger partial charge is 0.185 e. The molecule has 0 spiro atoms. The van der Waals surface area contributed by atoms with Gasteiger partial charge in [-0.15, -0.1) is 11.3 Å². The molecule has 0 aromatic carbocycles. The van der Waals surface area contributed by atoms with Crippen LogP contribution in [-0.2, 0) is 0 Å². The Morgan fingerprint density at radius 1 is 1.62 bits per heavy atom. The standard InChI is InChI=1S/C12H21N3S/c1-7-5-10(7)6-15(4)12-14-9(3)11(16-12)8(2)13/h7-8,10H,5-6,13H2,1-4H3. The van der Waals surface area contributed by atoms with Gasteiger partial charge >= 0.3 is 0 Å². The van der Waals surface area contributed by atoms with E-state index in [1.807, 2.05) is 13.8 Å². The second-order valence-electron chi connectivity index (χ2n) is 5.09. The summed E-state index contributed by atoms with van der Waals surface area (Å²) in [4.78, 5) is 8.09. The van der Waals surface area contributed by atoms with Crippen LogP contribution in [0.2, 0.25) is 0 Å². The van der Waals surface area contributed by atoms with Crippen LogP contribution in [0.15, 0.2) is 0 Å². The van der Waals surface area contributed by atoms with E-state index >= 15 is 0 Å². The molecule has 0 saturated heterocycles. The van der Waals surface area contributed by atoms with Crippen molar-refractivity contribution >= 4 is 16.5 Å². The third kappa shape index (κ3) is 2.38. The normalized spacial score (nSPS) is 25.6. The Balaban J connectivity index is 2.05. The van der Waals surface area contributed by atoms with Crippen LogP contribution in [0.4, 0.5) is 5.13 Å². The van der Waals surface area contributed by atoms with Crippen molar-refractivity contribution in [1.29, 1.82) is 0 Å². The summed E-state index contributed by atoms with van der Waals surface area (Å²) in [6.45, 7) is 7.52. The second kappa shape index (κ2) is 4.34. The van der Waals surface area contributed by atoms with Crippen LogP contribution >= 0.6 is 11.3 Å². The van der Waals surface area contributed by atoms with Gasteiger partial charge in [-0.05, 0) is 32.1 Å². The van der Waals surface area contributed by atoms with Gasteiger partial charge in [0.15, 0.2) is 5.13 Å². The Labute approximate surface area is 102 Å². The minimum atomic E-state index is 0.0968. The van der Waals surface area contributed by atoms with E-state index in [0.717, 1.165) is 29.2 Å². The van der Waals surface area contributed by atoms with Crippen LogP contribution in [0.25, 0.3) is 0 Å². The van der Waals surface area contributed by atoms with E-state index in [1.54, 1.807) is 11.3 Å². The highest BCUT2D eigenvalue weighted by molar-refractivity contribution is 7.15. The Morgan fingerprint density at radius 3 is 2.69 bits per heavy atom. The van der Waals surface area contributed by atoms with Gasteiger partial charge in [-0.25, -0.2) is 4.98 Å². The number of nitrogens with zero attached hydrogens (tertiary/aromatic N) is 2. The maximum atomic E-state index is 5.92. The molecule has 0 radical (unpaired) electrons. The van der Waals surface area contributed by atoms with Gasteiger partial charge in [-0.1, -0.05) is 6.92 Å². The molecule has 1 saturated carbocycles. The Hall–Kier alpha value is -0.610. The van der Waals surface area contributed by atoms with Crippen molar-refractivity contribution in [2.24, 2.45) is 17.6 Å². The summed E-state index contributed by atoms with van der Waals surface area (Å²) >= 11 is 1.74. The van der Waals surface area contributed by atoms with Crippen molar-refractivity contribution in [2.45, 2.75) is 33.2 Å². The molecule has 1 aliphatic rings. The molecule has 3 nitrogen and oxygen atoms in total. The van der Waals surface area contributed by atoms with Crippen LogP contribution in [0.1, 0.15) is 36.9 Å². The van der Waals surface area contributed by atoms with Gasteiger partial charge in [-0.3, -0.25) is 0 Å². The van der Waals surface area contributed by atoms with Crippen LogP contribution in [-0.4, -0.2) is 18.6 Å². The average molecular weight is 239 g/mol. The number of hydrogen-bond donors (Lipinski definition) is 1. The maximum absolute atomic E-state index is 5.92. The third-order valence-electron chi connectivity index (χ3n) is 3.35. The first-order valence-corrected chi connectivity index (χ1v) is 6.74. The Kier molecular flexibility index (Phi) is 3.22. The fraction of sp³-hybridized carbons (Fsp3) is 0.750. The highest BCUT2D eigenvalue weighted by Gasteiger charge is 2.33. The predicted molar refractivity (Wildman–Crippen MR) is 70.0 cm³/mol. The largest absolute Gasteiger partial charge is 0.351 e. The lowest BCUT2D eigenvalue weighted by atomic mass is 10.2. The first-order valence-electron chi connectivity index (χ1n) is 5.93. The van der Waals surface area contributed by atoms with Crippen molar-refractivity contribution in [2.75, 3.05) is 18.5 Å². The van der Waals surface area contributed by atoms with Crippen molar-refractivity contribution in [3.05, 3.63) is 10.6 Å². The van der Waals surface area contributed by atoms with Crippen molar-refractivity contribution in [3.8, 4) is 0 Å². The molecule has 2 N–H and O–H groups in total. The minimum Gasteiger partial charge on any atom is -0.351 e. The van der Waals surface area contributed by atoms with Gasteiger partial charge in [0.1, 0.15) is 0 Å². The van der Waals surface area contributed by atoms with E-state index in [1.165, 1.54) is 11.3 Å². The molecule has 3 unspecified atom stereocenters. The van der Waals surface area contributed by atoms with Gasteiger partial charge in [0.05, 0.1) is 5.69 Å². The fourth-order valence-corrected chi connectivity index (χ4v) is 3.05. The molecule has 1 heterocycles. The number of nitrogens with two attached hydrogens (primary N) is 1. The van der Waals surface area contributed by atoms with E-state index in [0.29, 0.717) is 0 Å². The number of rotatable bonds is 4. The molecule has 1 aliphatic carbocycles. The molecule has 3 atom stereocenters. The van der Waals surface area contributed by atoms with Gasteiger partial charge < -0.3 is 10.6 Å². The first kappa shape index (κ1) is 11.9. The molecule has 1 fully saturated rings. The third-order valence-corrected chi connectivity index (χ3v) is 4.82. The predicted octanol–water partition coefficient (Wildman–Crippen LogP) is 2.56. The van der Waals surface area contributed by atoms with E-state index in [2.05, 4.69) is 23.9 Å². The molecule has 0 amide bonds. The van der Waals surface area contributed by atoms with E-state index in [9.17, 15) is 0 Å². The fourth-order valence-electron chi connectivity index (χ4n) is 2.06. The highest BCUT2D eigenvalue weighted by Crippen LogP contribution is 2.39. The van der Waals surface area contributed by atoms with Gasteiger partial charge in [0, 0.05) is 24.5 Å². The van der Waals surface area contributed by atoms with E-state index in [4.69, 9.17) is 5.73 Å². The Morgan fingerprint density at radius 2 is 2.25 bits per heavy atom. The lowest BCUT2D eigenvalue weighted by Gasteiger charge is -2.15. The minimum absolute atomic E-state index is 0.0968. The van der Waals surface area contributed by atoms with Gasteiger partial charge in [0.25, 0.3) is 0 Å². The summed E-state index contributed by atoms with van der Waals surface area (Å²) in [5.74, 6) is 1.77. The van der Waals surface area contributed by atoms with Crippen molar-refractivity contribution < 1.29 is 0 Å². The molecule has 90 valence electrons. The molecule has 4 heteroatoms. The summed E-state index contributed by atoms with van der Waals surface area (Å²) < 4.78 is 0. The molecule has 2 rings (SSSR count). The van der Waals surface area contributed by atoms with Gasteiger partial charge in [0.2, 0.25) is 0 Å². The monoisotopic (exact) mass is 239 g/mol. The second-order valence-corrected chi connectivity index (χ2v) is 6.10. The lowest BCUT2D eigenvalue weighted by Crippen LogP contribution is -2.20. The topological polar surface area (TPSA) is 42.2 Å². The van der Waals surface area contributed by atoms with Crippen molar-refractivity contribution in [3.63, 3.8) is 0 Å². The van der Waals surface area contributed by atoms with Crippen molar-refractivity contribution in [1.82, 2.24) is 4.98 Å². The number of aryl methyl sites for hydroxylation is 1. The number of aromatic nitrogens is 1. The molecule has 16 heavy (non-hydrogen) atoms. The first-order chi connectivity index (χ1) is 7.49. The van der Waals surface area contributed by atoms with Gasteiger partial charge in [-0.2, -0.15) is 0 Å². The SMILES string of the molecule is Cc1nc(N(C)CC2CC2C)sc1C(C)N. The van der Waals surface area contributed by atoms with Crippen LogP contribution in [0, 0.1) is 18.8 Å². The average Bonchev–Trinajstić information content (AvgIpc) is 2.74. The zero-order chi connectivity index (χ0) is 11.9. The number of anilines is 1. The summed E-state index contributed by atoms with van der Waals surface area (Å²) in [7, 11) is 2.13. The molecule has 1 aromatic rings.